The Labute approximate surface area is 126 Å². The van der Waals surface area contributed by atoms with Gasteiger partial charge in [0.2, 0.25) is 0 Å². The molecule has 104 valence electrons. The lowest BCUT2D eigenvalue weighted by molar-refractivity contribution is 0.102. The molecule has 2 rings (SSSR count). The van der Waals surface area contributed by atoms with E-state index in [0.717, 1.165) is 0 Å². The molecule has 2 aromatic rings. The molecule has 0 radical (unpaired) electrons. The van der Waals surface area contributed by atoms with Crippen molar-refractivity contribution in [3.63, 3.8) is 0 Å². The quantitative estimate of drug-likeness (QED) is 0.847. The highest BCUT2D eigenvalue weighted by atomic mass is 35.5. The van der Waals surface area contributed by atoms with Crippen molar-refractivity contribution in [1.82, 2.24) is 0 Å². The van der Waals surface area contributed by atoms with E-state index >= 15 is 0 Å². The van der Waals surface area contributed by atoms with Gasteiger partial charge in [-0.1, -0.05) is 29.3 Å². The van der Waals surface area contributed by atoms with Crippen LogP contribution in [0.15, 0.2) is 36.4 Å². The van der Waals surface area contributed by atoms with E-state index in [1.54, 1.807) is 36.4 Å². The van der Waals surface area contributed by atoms with Crippen LogP contribution in [0.2, 0.25) is 10.0 Å². The fraction of sp³-hybridized carbons (Fsp3) is 0.0714. The minimum atomic E-state index is -0.357. The van der Waals surface area contributed by atoms with Crippen molar-refractivity contribution in [2.24, 2.45) is 0 Å². The molecule has 0 spiro atoms. The number of nitrogen functional groups attached to an aromatic ring is 1. The normalized spacial score (nSPS) is 10.2. The van der Waals surface area contributed by atoms with Crippen LogP contribution in [0.3, 0.4) is 0 Å². The van der Waals surface area contributed by atoms with E-state index < -0.39 is 0 Å². The van der Waals surface area contributed by atoms with Crippen molar-refractivity contribution in [2.75, 3.05) is 18.2 Å². The third-order valence-electron chi connectivity index (χ3n) is 2.69. The maximum atomic E-state index is 12.1. The molecule has 0 atom stereocenters. The van der Waals surface area contributed by atoms with Gasteiger partial charge in [0, 0.05) is 11.8 Å². The monoisotopic (exact) mass is 310 g/mol. The second-order valence-electron chi connectivity index (χ2n) is 4.01. The lowest BCUT2D eigenvalue weighted by Crippen LogP contribution is -2.12. The Morgan fingerprint density at radius 1 is 1.25 bits per heavy atom. The maximum absolute atomic E-state index is 12.1. The highest BCUT2D eigenvalue weighted by molar-refractivity contribution is 6.44. The highest BCUT2D eigenvalue weighted by Gasteiger charge is 2.13. The van der Waals surface area contributed by atoms with Gasteiger partial charge in [0.05, 0.1) is 28.4 Å². The lowest BCUT2D eigenvalue weighted by Gasteiger charge is -2.10. The maximum Gasteiger partial charge on any atom is 0.257 e. The molecule has 0 saturated heterocycles. The van der Waals surface area contributed by atoms with Crippen molar-refractivity contribution in [2.45, 2.75) is 0 Å². The first-order valence-corrected chi connectivity index (χ1v) is 6.47. The van der Waals surface area contributed by atoms with Gasteiger partial charge in [0.1, 0.15) is 5.75 Å². The summed E-state index contributed by atoms with van der Waals surface area (Å²) in [5, 5.41) is 3.26. The summed E-state index contributed by atoms with van der Waals surface area (Å²) in [6, 6.07) is 9.83. The molecule has 0 saturated carbocycles. The number of carbonyl (C=O) groups is 1. The predicted octanol–water partition coefficient (Wildman–Crippen LogP) is 3.84. The molecule has 0 bridgehead atoms. The number of hydrogen-bond donors (Lipinski definition) is 2. The molecule has 0 unspecified atom stereocenters. The molecular weight excluding hydrogens is 299 g/mol. The first-order valence-electron chi connectivity index (χ1n) is 5.72. The topological polar surface area (TPSA) is 64.3 Å². The largest absolute Gasteiger partial charge is 0.495 e. The minimum absolute atomic E-state index is 0.217. The number of amides is 1. The van der Waals surface area contributed by atoms with E-state index in [1.165, 1.54) is 7.11 Å². The van der Waals surface area contributed by atoms with Gasteiger partial charge in [-0.2, -0.15) is 0 Å². The summed E-state index contributed by atoms with van der Waals surface area (Å²) >= 11 is 11.9. The second-order valence-corrected chi connectivity index (χ2v) is 4.80. The van der Waals surface area contributed by atoms with Crippen molar-refractivity contribution >= 4 is 40.5 Å². The molecule has 3 N–H and O–H groups in total. The van der Waals surface area contributed by atoms with Crippen LogP contribution in [0.4, 0.5) is 11.4 Å². The number of nitrogens with one attached hydrogen (secondary N) is 1. The Morgan fingerprint density at radius 3 is 2.70 bits per heavy atom. The molecule has 4 nitrogen and oxygen atoms in total. The number of anilines is 2. The number of benzene rings is 2. The van der Waals surface area contributed by atoms with Crippen LogP contribution >= 0.6 is 23.2 Å². The third kappa shape index (κ3) is 2.98. The first kappa shape index (κ1) is 14.5. The van der Waals surface area contributed by atoms with Gasteiger partial charge < -0.3 is 15.8 Å². The van der Waals surface area contributed by atoms with Gasteiger partial charge >= 0.3 is 0 Å². The second kappa shape index (κ2) is 6.03. The Bertz CT molecular complexity index is 660. The van der Waals surface area contributed by atoms with Gasteiger partial charge in [-0.15, -0.1) is 0 Å². The molecule has 0 heterocycles. The Morgan fingerprint density at radius 2 is 2.00 bits per heavy atom. The average Bonchev–Trinajstić information content (AvgIpc) is 2.43. The van der Waals surface area contributed by atoms with Gasteiger partial charge in [-0.05, 0) is 24.3 Å². The van der Waals surface area contributed by atoms with Gasteiger partial charge in [-0.3, -0.25) is 4.79 Å². The zero-order valence-corrected chi connectivity index (χ0v) is 12.1. The summed E-state index contributed by atoms with van der Waals surface area (Å²) in [5.74, 6) is 0.129. The Kier molecular flexibility index (Phi) is 4.37. The SMILES string of the molecule is COc1cc(NC(=O)c2cccc(Cl)c2Cl)ccc1N. The summed E-state index contributed by atoms with van der Waals surface area (Å²) in [5.41, 5.74) is 7.06. The average molecular weight is 311 g/mol. The molecule has 0 aliphatic heterocycles. The van der Waals surface area contributed by atoms with Crippen LogP contribution in [0.25, 0.3) is 0 Å². The molecule has 0 aliphatic rings. The summed E-state index contributed by atoms with van der Waals surface area (Å²) in [6.45, 7) is 0. The smallest absolute Gasteiger partial charge is 0.257 e. The van der Waals surface area contributed by atoms with Crippen molar-refractivity contribution in [1.29, 1.82) is 0 Å². The summed E-state index contributed by atoms with van der Waals surface area (Å²) in [4.78, 5) is 12.1. The first-order chi connectivity index (χ1) is 9.52. The van der Waals surface area contributed by atoms with Crippen LogP contribution in [-0.2, 0) is 0 Å². The van der Waals surface area contributed by atoms with E-state index in [4.69, 9.17) is 33.7 Å². The minimum Gasteiger partial charge on any atom is -0.495 e. The van der Waals surface area contributed by atoms with Crippen molar-refractivity contribution in [3.8, 4) is 5.75 Å². The molecule has 0 fully saturated rings. The number of ether oxygens (including phenoxy) is 1. The Hall–Kier alpha value is -1.91. The van der Waals surface area contributed by atoms with Crippen LogP contribution in [0, 0.1) is 0 Å². The Balaban J connectivity index is 2.26. The fourth-order valence-corrected chi connectivity index (χ4v) is 2.05. The number of methoxy groups -OCH3 is 1. The van der Waals surface area contributed by atoms with Gasteiger partial charge in [-0.25, -0.2) is 0 Å². The molecule has 20 heavy (non-hydrogen) atoms. The van der Waals surface area contributed by atoms with E-state index in [1.807, 2.05) is 0 Å². The number of halogens is 2. The number of carbonyl (C=O) groups excluding carboxylic acids is 1. The van der Waals surface area contributed by atoms with E-state index in [0.29, 0.717) is 27.7 Å². The molecule has 6 heteroatoms. The zero-order valence-electron chi connectivity index (χ0n) is 10.6. The number of hydrogen-bond acceptors (Lipinski definition) is 3. The van der Waals surface area contributed by atoms with E-state index in [9.17, 15) is 4.79 Å². The predicted molar refractivity (Wildman–Crippen MR) is 81.8 cm³/mol. The number of nitrogens with two attached hydrogens (primary N) is 1. The van der Waals surface area contributed by atoms with E-state index in [2.05, 4.69) is 5.32 Å². The van der Waals surface area contributed by atoms with Crippen LogP contribution in [0.1, 0.15) is 10.4 Å². The van der Waals surface area contributed by atoms with Crippen molar-refractivity contribution in [3.05, 3.63) is 52.0 Å². The zero-order chi connectivity index (χ0) is 14.7. The summed E-state index contributed by atoms with van der Waals surface area (Å²) < 4.78 is 5.09. The van der Waals surface area contributed by atoms with Crippen LogP contribution in [0.5, 0.6) is 5.75 Å². The van der Waals surface area contributed by atoms with Gasteiger partial charge in [0.25, 0.3) is 5.91 Å². The molecular formula is C14H12Cl2N2O2. The van der Waals surface area contributed by atoms with Crippen LogP contribution < -0.4 is 15.8 Å². The molecule has 1 amide bonds. The van der Waals surface area contributed by atoms with Gasteiger partial charge in [0.15, 0.2) is 0 Å². The number of rotatable bonds is 3. The standard InChI is InChI=1S/C14H12Cl2N2O2/c1-20-12-7-8(5-6-11(12)17)18-14(19)9-3-2-4-10(15)13(9)16/h2-7H,17H2,1H3,(H,18,19). The molecule has 0 aromatic heterocycles. The highest BCUT2D eigenvalue weighted by Crippen LogP contribution is 2.28. The summed E-state index contributed by atoms with van der Waals surface area (Å²) in [7, 11) is 1.51. The van der Waals surface area contributed by atoms with E-state index in [-0.39, 0.29) is 10.9 Å². The summed E-state index contributed by atoms with van der Waals surface area (Å²) in [6.07, 6.45) is 0. The van der Waals surface area contributed by atoms with Crippen molar-refractivity contribution < 1.29 is 9.53 Å². The lowest BCUT2D eigenvalue weighted by atomic mass is 10.2. The van der Waals surface area contributed by atoms with Crippen LogP contribution in [-0.4, -0.2) is 13.0 Å². The fourth-order valence-electron chi connectivity index (χ4n) is 1.67. The molecule has 2 aromatic carbocycles. The molecule has 0 aliphatic carbocycles. The third-order valence-corrected chi connectivity index (χ3v) is 3.51.